The first-order valence-corrected chi connectivity index (χ1v) is 7.39. The first kappa shape index (κ1) is 14.3. The second-order valence-corrected chi connectivity index (χ2v) is 5.33. The molecule has 0 spiro atoms. The first-order valence-electron chi connectivity index (χ1n) is 7.39. The third-order valence-corrected chi connectivity index (χ3v) is 3.85. The Morgan fingerprint density at radius 2 is 2.14 bits per heavy atom. The van der Waals surface area contributed by atoms with Gasteiger partial charge in [0.25, 0.3) is 0 Å². The Morgan fingerprint density at radius 3 is 2.90 bits per heavy atom. The number of nitrogens with one attached hydrogen (secondary N) is 1. The largest absolute Gasteiger partial charge is 0.446 e. The van der Waals surface area contributed by atoms with Crippen LogP contribution < -0.4 is 5.32 Å². The molecule has 2 fully saturated rings. The van der Waals surface area contributed by atoms with Gasteiger partial charge in [-0.25, -0.2) is 4.79 Å². The van der Waals surface area contributed by atoms with E-state index in [0.717, 1.165) is 24.8 Å². The van der Waals surface area contributed by atoms with Crippen molar-refractivity contribution in [1.82, 2.24) is 10.3 Å². The van der Waals surface area contributed by atoms with E-state index < -0.39 is 0 Å². The predicted octanol–water partition coefficient (Wildman–Crippen LogP) is 1.82. The van der Waals surface area contributed by atoms with E-state index in [-0.39, 0.29) is 24.3 Å². The number of aromatic nitrogens is 1. The Morgan fingerprint density at radius 1 is 1.29 bits per heavy atom. The van der Waals surface area contributed by atoms with E-state index in [1.165, 1.54) is 0 Å². The Hall–Kier alpha value is -1.66. The van der Waals surface area contributed by atoms with Gasteiger partial charge in [-0.3, -0.25) is 4.98 Å². The summed E-state index contributed by atoms with van der Waals surface area (Å²) in [5, 5.41) is 2.92. The number of alkyl carbamates (subject to hydrolysis) is 1. The van der Waals surface area contributed by atoms with E-state index in [9.17, 15) is 4.79 Å². The lowest BCUT2D eigenvalue weighted by molar-refractivity contribution is -0.000388. The minimum Gasteiger partial charge on any atom is -0.446 e. The molecule has 0 unspecified atom stereocenters. The van der Waals surface area contributed by atoms with Crippen molar-refractivity contribution in [1.29, 1.82) is 0 Å². The van der Waals surface area contributed by atoms with Crippen LogP contribution in [0.1, 0.15) is 30.9 Å². The smallest absolute Gasteiger partial charge is 0.407 e. The molecule has 2 saturated heterocycles. The molecule has 21 heavy (non-hydrogen) atoms. The van der Waals surface area contributed by atoms with Crippen LogP contribution in [0.5, 0.6) is 0 Å². The van der Waals surface area contributed by atoms with E-state index in [0.29, 0.717) is 19.8 Å². The van der Waals surface area contributed by atoms with Gasteiger partial charge in [0.05, 0.1) is 19.3 Å². The average molecular weight is 292 g/mol. The highest BCUT2D eigenvalue weighted by Gasteiger charge is 2.32. The van der Waals surface area contributed by atoms with E-state index in [1.807, 2.05) is 12.1 Å². The number of nitrogens with zero attached hydrogens (tertiary/aromatic N) is 1. The van der Waals surface area contributed by atoms with Crippen LogP contribution in [0.2, 0.25) is 0 Å². The number of rotatable bonds is 3. The number of amides is 1. The predicted molar refractivity (Wildman–Crippen MR) is 74.8 cm³/mol. The van der Waals surface area contributed by atoms with Crippen LogP contribution in [0.3, 0.4) is 0 Å². The van der Waals surface area contributed by atoms with Crippen molar-refractivity contribution in [2.24, 2.45) is 0 Å². The van der Waals surface area contributed by atoms with Gasteiger partial charge in [0.2, 0.25) is 0 Å². The van der Waals surface area contributed by atoms with Crippen molar-refractivity contribution in [3.63, 3.8) is 0 Å². The normalized spacial score (nSPS) is 26.5. The van der Waals surface area contributed by atoms with Gasteiger partial charge in [-0.2, -0.15) is 0 Å². The highest BCUT2D eigenvalue weighted by atomic mass is 16.6. The van der Waals surface area contributed by atoms with Crippen LogP contribution in [0, 0.1) is 0 Å². The van der Waals surface area contributed by atoms with Crippen molar-refractivity contribution in [3.05, 3.63) is 30.1 Å². The first-order chi connectivity index (χ1) is 10.3. The Labute approximate surface area is 123 Å². The lowest BCUT2D eigenvalue weighted by Crippen LogP contribution is -2.39. The third-order valence-electron chi connectivity index (χ3n) is 3.85. The van der Waals surface area contributed by atoms with E-state index in [4.69, 9.17) is 14.2 Å². The molecule has 6 nitrogen and oxygen atoms in total. The van der Waals surface area contributed by atoms with Gasteiger partial charge in [0.1, 0.15) is 12.2 Å². The maximum atomic E-state index is 12.0. The summed E-state index contributed by atoms with van der Waals surface area (Å²) in [5.74, 6) is 0. The van der Waals surface area contributed by atoms with E-state index >= 15 is 0 Å². The highest BCUT2D eigenvalue weighted by Crippen LogP contribution is 2.28. The second-order valence-electron chi connectivity index (χ2n) is 5.33. The molecule has 2 atom stereocenters. The van der Waals surface area contributed by atoms with Crippen LogP contribution in [0.25, 0.3) is 0 Å². The highest BCUT2D eigenvalue weighted by molar-refractivity contribution is 5.68. The van der Waals surface area contributed by atoms with Crippen LogP contribution in [0.4, 0.5) is 4.79 Å². The van der Waals surface area contributed by atoms with Crippen molar-refractivity contribution in [2.45, 2.75) is 37.5 Å². The SMILES string of the molecule is O=C(N[C@H]1CCO[C@@H]1c1cccnc1)OC1CCOCC1. The molecule has 0 radical (unpaired) electrons. The van der Waals surface area contributed by atoms with Crippen LogP contribution in [0.15, 0.2) is 24.5 Å². The summed E-state index contributed by atoms with van der Waals surface area (Å²) >= 11 is 0. The fourth-order valence-electron chi connectivity index (χ4n) is 2.74. The molecule has 0 saturated carbocycles. The molecule has 3 heterocycles. The molecular weight excluding hydrogens is 272 g/mol. The summed E-state index contributed by atoms with van der Waals surface area (Å²) in [7, 11) is 0. The Bertz CT molecular complexity index is 462. The van der Waals surface area contributed by atoms with Gasteiger partial charge >= 0.3 is 6.09 Å². The summed E-state index contributed by atoms with van der Waals surface area (Å²) in [6.45, 7) is 1.94. The number of pyridine rings is 1. The standard InChI is InChI=1S/C15H20N2O4/c18-15(21-12-3-7-19-8-4-12)17-13-5-9-20-14(13)11-2-1-6-16-10-11/h1-2,6,10,12-14H,3-5,7-9H2,(H,17,18)/t13-,14+/m0/s1. The quantitative estimate of drug-likeness (QED) is 0.920. The minimum atomic E-state index is -0.369. The number of hydrogen-bond acceptors (Lipinski definition) is 5. The van der Waals surface area contributed by atoms with Gasteiger partial charge in [0, 0.05) is 37.4 Å². The molecule has 0 aromatic carbocycles. The maximum absolute atomic E-state index is 12.0. The molecule has 114 valence electrons. The van der Waals surface area contributed by atoms with Gasteiger partial charge < -0.3 is 19.5 Å². The summed E-state index contributed by atoms with van der Waals surface area (Å²) in [6.07, 6.45) is 5.24. The molecule has 2 aliphatic rings. The number of ether oxygens (including phenoxy) is 3. The second kappa shape index (κ2) is 6.87. The monoisotopic (exact) mass is 292 g/mol. The van der Waals surface area contributed by atoms with Crippen molar-refractivity contribution in [3.8, 4) is 0 Å². The lowest BCUT2D eigenvalue weighted by Gasteiger charge is -2.24. The number of carbonyl (C=O) groups excluding carboxylic acids is 1. The number of carbonyl (C=O) groups is 1. The van der Waals surface area contributed by atoms with Gasteiger partial charge in [0.15, 0.2) is 0 Å². The van der Waals surface area contributed by atoms with Gasteiger partial charge in [-0.15, -0.1) is 0 Å². The summed E-state index contributed by atoms with van der Waals surface area (Å²) in [6, 6.07) is 3.76. The Balaban J connectivity index is 1.54. The van der Waals surface area contributed by atoms with Crippen molar-refractivity contribution < 1.29 is 19.0 Å². The molecule has 0 bridgehead atoms. The molecule has 3 rings (SSSR count). The lowest BCUT2D eigenvalue weighted by atomic mass is 10.0. The summed E-state index contributed by atoms with van der Waals surface area (Å²) in [4.78, 5) is 16.1. The van der Waals surface area contributed by atoms with Crippen molar-refractivity contribution in [2.75, 3.05) is 19.8 Å². The molecule has 6 heteroatoms. The van der Waals surface area contributed by atoms with Gasteiger partial charge in [-0.05, 0) is 12.5 Å². The summed E-state index contributed by atoms with van der Waals surface area (Å²) in [5.41, 5.74) is 0.978. The zero-order chi connectivity index (χ0) is 14.5. The topological polar surface area (TPSA) is 69.7 Å². The van der Waals surface area contributed by atoms with E-state index in [2.05, 4.69) is 10.3 Å². The molecule has 2 aliphatic heterocycles. The maximum Gasteiger partial charge on any atom is 0.407 e. The van der Waals surface area contributed by atoms with Crippen LogP contribution in [-0.4, -0.2) is 43.0 Å². The molecule has 1 amide bonds. The Kier molecular flexibility index (Phi) is 4.67. The van der Waals surface area contributed by atoms with Crippen LogP contribution in [-0.2, 0) is 14.2 Å². The van der Waals surface area contributed by atoms with E-state index in [1.54, 1.807) is 12.4 Å². The van der Waals surface area contributed by atoms with Gasteiger partial charge in [-0.1, -0.05) is 6.07 Å². The fraction of sp³-hybridized carbons (Fsp3) is 0.600. The zero-order valence-electron chi connectivity index (χ0n) is 11.9. The molecular formula is C15H20N2O4. The summed E-state index contributed by atoms with van der Waals surface area (Å²) < 4.78 is 16.4. The fourth-order valence-corrected chi connectivity index (χ4v) is 2.74. The molecule has 1 N–H and O–H groups in total. The average Bonchev–Trinajstić information content (AvgIpc) is 2.97. The molecule has 1 aromatic rings. The number of hydrogen-bond donors (Lipinski definition) is 1. The van der Waals surface area contributed by atoms with Crippen molar-refractivity contribution >= 4 is 6.09 Å². The molecule has 1 aromatic heterocycles. The zero-order valence-corrected chi connectivity index (χ0v) is 11.9. The molecule has 0 aliphatic carbocycles. The van der Waals surface area contributed by atoms with Crippen LogP contribution >= 0.6 is 0 Å². The minimum absolute atomic E-state index is 0.0436. The third kappa shape index (κ3) is 3.71.